The second-order valence-corrected chi connectivity index (χ2v) is 3.97. The van der Waals surface area contributed by atoms with Gasteiger partial charge in [0.25, 0.3) is 5.91 Å². The minimum Gasteiger partial charge on any atom is -0.384 e. The summed E-state index contributed by atoms with van der Waals surface area (Å²) in [5.74, 6) is 2.74. The summed E-state index contributed by atoms with van der Waals surface area (Å²) in [6.45, 7) is -0.356. The summed E-state index contributed by atoms with van der Waals surface area (Å²) in [4.78, 5) is 16.0. The zero-order valence-electron chi connectivity index (χ0n) is 10.7. The summed E-state index contributed by atoms with van der Waals surface area (Å²) >= 11 is 0. The molecule has 21 heavy (non-hydrogen) atoms. The molecule has 6 heteroatoms. The standard InChI is InChI=1S/C15H10F2N2O2/c16-11-7-12(17)9-13(8-11)19-15(21)14-10(4-2-6-20)3-1-5-18-14/h1,3,5,7-9,20H,6H2,(H,19,21). The molecule has 0 fully saturated rings. The van der Waals surface area contributed by atoms with E-state index in [1.165, 1.54) is 6.20 Å². The highest BCUT2D eigenvalue weighted by molar-refractivity contribution is 6.04. The quantitative estimate of drug-likeness (QED) is 0.830. The third-order valence-corrected chi connectivity index (χ3v) is 2.45. The number of nitrogens with one attached hydrogen (secondary N) is 1. The Balaban J connectivity index is 2.28. The number of benzene rings is 1. The van der Waals surface area contributed by atoms with Crippen LogP contribution in [0.2, 0.25) is 0 Å². The van der Waals surface area contributed by atoms with Gasteiger partial charge in [-0.3, -0.25) is 4.79 Å². The average Bonchev–Trinajstić information content (AvgIpc) is 2.44. The highest BCUT2D eigenvalue weighted by Crippen LogP contribution is 2.14. The lowest BCUT2D eigenvalue weighted by molar-refractivity contribution is 0.102. The Morgan fingerprint density at radius 3 is 2.67 bits per heavy atom. The molecule has 0 radical (unpaired) electrons. The van der Waals surface area contributed by atoms with Crippen LogP contribution >= 0.6 is 0 Å². The van der Waals surface area contributed by atoms with E-state index in [4.69, 9.17) is 5.11 Å². The van der Waals surface area contributed by atoms with E-state index in [0.29, 0.717) is 11.6 Å². The van der Waals surface area contributed by atoms with Crippen molar-refractivity contribution in [2.45, 2.75) is 0 Å². The van der Waals surface area contributed by atoms with Gasteiger partial charge in [0.1, 0.15) is 23.9 Å². The second-order valence-electron chi connectivity index (χ2n) is 3.97. The third kappa shape index (κ3) is 3.84. The van der Waals surface area contributed by atoms with Crippen molar-refractivity contribution in [2.24, 2.45) is 0 Å². The van der Waals surface area contributed by atoms with Crippen molar-refractivity contribution < 1.29 is 18.7 Å². The van der Waals surface area contributed by atoms with Crippen LogP contribution in [0.3, 0.4) is 0 Å². The number of aliphatic hydroxyl groups excluding tert-OH is 1. The second kappa shape index (κ2) is 6.59. The largest absolute Gasteiger partial charge is 0.384 e. The first kappa shape index (κ1) is 14.6. The molecule has 1 heterocycles. The van der Waals surface area contributed by atoms with Crippen molar-refractivity contribution in [3.63, 3.8) is 0 Å². The molecule has 0 atom stereocenters. The van der Waals surface area contributed by atoms with Gasteiger partial charge in [-0.25, -0.2) is 13.8 Å². The van der Waals surface area contributed by atoms with Gasteiger partial charge in [0.2, 0.25) is 0 Å². The van der Waals surface area contributed by atoms with Gasteiger partial charge < -0.3 is 10.4 Å². The molecular formula is C15H10F2N2O2. The van der Waals surface area contributed by atoms with Crippen LogP contribution in [0.5, 0.6) is 0 Å². The summed E-state index contributed by atoms with van der Waals surface area (Å²) in [6.07, 6.45) is 1.39. The number of carbonyl (C=O) groups excluding carboxylic acids is 1. The normalized spacial score (nSPS) is 9.67. The van der Waals surface area contributed by atoms with Crippen molar-refractivity contribution >= 4 is 11.6 Å². The van der Waals surface area contributed by atoms with Gasteiger partial charge >= 0.3 is 0 Å². The van der Waals surface area contributed by atoms with Crippen LogP contribution in [0.1, 0.15) is 16.1 Å². The predicted octanol–water partition coefficient (Wildman–Crippen LogP) is 1.96. The van der Waals surface area contributed by atoms with E-state index < -0.39 is 17.5 Å². The van der Waals surface area contributed by atoms with E-state index in [2.05, 4.69) is 22.1 Å². The maximum Gasteiger partial charge on any atom is 0.275 e. The minimum atomic E-state index is -0.799. The minimum absolute atomic E-state index is 0.00289. The molecule has 1 aromatic heterocycles. The van der Waals surface area contributed by atoms with Crippen LogP contribution in [-0.2, 0) is 0 Å². The monoisotopic (exact) mass is 288 g/mol. The van der Waals surface area contributed by atoms with E-state index in [0.717, 1.165) is 12.1 Å². The topological polar surface area (TPSA) is 62.2 Å². The maximum absolute atomic E-state index is 13.1. The highest BCUT2D eigenvalue weighted by Gasteiger charge is 2.12. The molecule has 106 valence electrons. The summed E-state index contributed by atoms with van der Waals surface area (Å²) in [6, 6.07) is 5.82. The van der Waals surface area contributed by atoms with Gasteiger partial charge in [-0.2, -0.15) is 0 Å². The summed E-state index contributed by atoms with van der Waals surface area (Å²) in [7, 11) is 0. The van der Waals surface area contributed by atoms with Gasteiger partial charge in [-0.05, 0) is 24.3 Å². The van der Waals surface area contributed by atoms with Crippen LogP contribution in [0.15, 0.2) is 36.5 Å². The van der Waals surface area contributed by atoms with Crippen LogP contribution in [-0.4, -0.2) is 22.6 Å². The smallest absolute Gasteiger partial charge is 0.275 e. The van der Waals surface area contributed by atoms with Crippen molar-refractivity contribution in [2.75, 3.05) is 11.9 Å². The SMILES string of the molecule is O=C(Nc1cc(F)cc(F)c1)c1ncccc1C#CCO. The molecule has 2 aromatic rings. The highest BCUT2D eigenvalue weighted by atomic mass is 19.1. The summed E-state index contributed by atoms with van der Waals surface area (Å²) in [5.41, 5.74) is 0.285. The number of rotatable bonds is 2. The number of hydrogen-bond acceptors (Lipinski definition) is 3. The number of pyridine rings is 1. The van der Waals surface area contributed by atoms with Gasteiger partial charge in [-0.1, -0.05) is 11.8 Å². The van der Waals surface area contributed by atoms with E-state index >= 15 is 0 Å². The van der Waals surface area contributed by atoms with Crippen LogP contribution in [0, 0.1) is 23.5 Å². The lowest BCUT2D eigenvalue weighted by Crippen LogP contribution is -2.15. The number of aliphatic hydroxyl groups is 1. The Kier molecular flexibility index (Phi) is 4.59. The number of nitrogens with zero attached hydrogens (tertiary/aromatic N) is 1. The summed E-state index contributed by atoms with van der Waals surface area (Å²) < 4.78 is 26.1. The molecule has 0 spiro atoms. The zero-order valence-corrected chi connectivity index (χ0v) is 10.7. The van der Waals surface area contributed by atoms with Crippen molar-refractivity contribution in [1.82, 2.24) is 4.98 Å². The molecule has 0 unspecified atom stereocenters. The molecule has 2 rings (SSSR count). The molecule has 1 aromatic carbocycles. The average molecular weight is 288 g/mol. The van der Waals surface area contributed by atoms with Gasteiger partial charge in [0.05, 0.1) is 5.56 Å². The first-order valence-corrected chi connectivity index (χ1v) is 5.92. The Bertz CT molecular complexity index is 716. The molecule has 0 aliphatic rings. The van der Waals surface area contributed by atoms with E-state index in [9.17, 15) is 13.6 Å². The molecule has 0 aliphatic carbocycles. The van der Waals surface area contributed by atoms with Crippen molar-refractivity contribution in [1.29, 1.82) is 0 Å². The van der Waals surface area contributed by atoms with Gasteiger partial charge in [0, 0.05) is 18.0 Å². The number of carbonyl (C=O) groups is 1. The number of aromatic nitrogens is 1. The fraction of sp³-hybridized carbons (Fsp3) is 0.0667. The Morgan fingerprint density at radius 2 is 2.00 bits per heavy atom. The van der Waals surface area contributed by atoms with E-state index in [1.807, 2.05) is 0 Å². The van der Waals surface area contributed by atoms with Crippen molar-refractivity contribution in [3.8, 4) is 11.8 Å². The van der Waals surface area contributed by atoms with Crippen molar-refractivity contribution in [3.05, 3.63) is 59.4 Å². The molecular weight excluding hydrogens is 278 g/mol. The molecule has 0 saturated carbocycles. The summed E-state index contributed by atoms with van der Waals surface area (Å²) in [5, 5.41) is 11.0. The number of hydrogen-bond donors (Lipinski definition) is 2. The van der Waals surface area contributed by atoms with Gasteiger partial charge in [-0.15, -0.1) is 0 Å². The third-order valence-electron chi connectivity index (χ3n) is 2.45. The Morgan fingerprint density at radius 1 is 1.29 bits per heavy atom. The predicted molar refractivity (Wildman–Crippen MR) is 72.5 cm³/mol. The molecule has 0 bridgehead atoms. The number of halogens is 2. The van der Waals surface area contributed by atoms with Crippen LogP contribution in [0.25, 0.3) is 0 Å². The molecule has 1 amide bonds. The number of amides is 1. The Hall–Kier alpha value is -2.78. The fourth-order valence-corrected chi connectivity index (χ4v) is 1.64. The fourth-order valence-electron chi connectivity index (χ4n) is 1.64. The van der Waals surface area contributed by atoms with E-state index in [1.54, 1.807) is 12.1 Å². The lowest BCUT2D eigenvalue weighted by Gasteiger charge is -2.06. The first-order chi connectivity index (χ1) is 10.1. The van der Waals surface area contributed by atoms with Gasteiger partial charge in [0.15, 0.2) is 0 Å². The Labute approximate surface area is 119 Å². The molecule has 0 saturated heterocycles. The maximum atomic E-state index is 13.1. The number of anilines is 1. The van der Waals surface area contributed by atoms with E-state index in [-0.39, 0.29) is 18.0 Å². The lowest BCUT2D eigenvalue weighted by atomic mass is 10.2. The zero-order chi connectivity index (χ0) is 15.2. The molecule has 2 N–H and O–H groups in total. The van der Waals surface area contributed by atoms with Crippen LogP contribution < -0.4 is 5.32 Å². The van der Waals surface area contributed by atoms with Crippen LogP contribution in [0.4, 0.5) is 14.5 Å². The molecule has 0 aliphatic heterocycles. The molecule has 4 nitrogen and oxygen atoms in total. The first-order valence-electron chi connectivity index (χ1n) is 5.92.